The second-order valence-corrected chi connectivity index (χ2v) is 6.26. The van der Waals surface area contributed by atoms with Crippen molar-refractivity contribution >= 4 is 27.5 Å². The zero-order chi connectivity index (χ0) is 15.4. The fourth-order valence-corrected chi connectivity index (χ4v) is 3.26. The first-order valence-corrected chi connectivity index (χ1v) is 8.08. The Morgan fingerprint density at radius 1 is 1.23 bits per heavy atom. The summed E-state index contributed by atoms with van der Waals surface area (Å²) in [4.78, 5) is 20.6. The van der Waals surface area contributed by atoms with Crippen LogP contribution in [0, 0.1) is 0 Å². The van der Waals surface area contributed by atoms with Crippen LogP contribution in [0.3, 0.4) is 0 Å². The van der Waals surface area contributed by atoms with Crippen LogP contribution in [0.15, 0.2) is 48.8 Å². The third-order valence-corrected chi connectivity index (χ3v) is 4.58. The van der Waals surface area contributed by atoms with Gasteiger partial charge < -0.3 is 5.32 Å². The third kappa shape index (κ3) is 3.49. The van der Waals surface area contributed by atoms with Gasteiger partial charge in [0.1, 0.15) is 0 Å². The van der Waals surface area contributed by atoms with Crippen LogP contribution in [0.1, 0.15) is 30.0 Å². The van der Waals surface area contributed by atoms with E-state index in [1.165, 1.54) is 4.70 Å². The van der Waals surface area contributed by atoms with E-state index in [1.54, 1.807) is 23.7 Å². The normalized spacial score (nSPS) is 12.2. The van der Waals surface area contributed by atoms with Crippen LogP contribution >= 0.6 is 11.3 Å². The van der Waals surface area contributed by atoms with E-state index in [-0.39, 0.29) is 11.9 Å². The molecule has 5 heteroatoms. The highest BCUT2D eigenvalue weighted by atomic mass is 32.1. The first kappa shape index (κ1) is 14.7. The van der Waals surface area contributed by atoms with Gasteiger partial charge in [-0.25, -0.2) is 4.98 Å². The highest BCUT2D eigenvalue weighted by Gasteiger charge is 2.11. The fourth-order valence-electron chi connectivity index (χ4n) is 2.30. The van der Waals surface area contributed by atoms with Gasteiger partial charge in [-0.15, -0.1) is 11.3 Å². The second kappa shape index (κ2) is 6.66. The van der Waals surface area contributed by atoms with Crippen molar-refractivity contribution in [3.63, 3.8) is 0 Å². The van der Waals surface area contributed by atoms with Gasteiger partial charge in [-0.05, 0) is 36.8 Å². The summed E-state index contributed by atoms with van der Waals surface area (Å²) in [6.07, 6.45) is 4.60. The molecule has 1 aromatic carbocycles. The molecule has 3 aromatic rings. The summed E-state index contributed by atoms with van der Waals surface area (Å²) < 4.78 is 1.17. The lowest BCUT2D eigenvalue weighted by Crippen LogP contribution is -2.26. The first-order chi connectivity index (χ1) is 10.7. The van der Waals surface area contributed by atoms with E-state index in [9.17, 15) is 4.79 Å². The Morgan fingerprint density at radius 3 is 2.77 bits per heavy atom. The van der Waals surface area contributed by atoms with E-state index >= 15 is 0 Å². The first-order valence-electron chi connectivity index (χ1n) is 7.26. The van der Waals surface area contributed by atoms with Gasteiger partial charge >= 0.3 is 0 Å². The summed E-state index contributed by atoms with van der Waals surface area (Å²) in [7, 11) is 0. The summed E-state index contributed by atoms with van der Waals surface area (Å²) in [5.74, 6) is 0.0450. The van der Waals surface area contributed by atoms with Gasteiger partial charge in [0.25, 0.3) is 0 Å². The number of carbonyl (C=O) groups is 1. The Kier molecular flexibility index (Phi) is 4.44. The van der Waals surface area contributed by atoms with Crippen molar-refractivity contribution in [2.75, 3.05) is 0 Å². The molecule has 0 aliphatic rings. The molecular formula is C17H17N3OS. The van der Waals surface area contributed by atoms with Crippen LogP contribution in [0.2, 0.25) is 0 Å². The molecule has 0 bridgehead atoms. The van der Waals surface area contributed by atoms with Gasteiger partial charge in [0.05, 0.1) is 21.3 Å². The summed E-state index contributed by atoms with van der Waals surface area (Å²) in [6, 6.07) is 11.9. The number of nitrogens with one attached hydrogen (secondary N) is 1. The summed E-state index contributed by atoms with van der Waals surface area (Å²) in [5.41, 5.74) is 2.07. The molecule has 0 spiro atoms. The molecule has 0 radical (unpaired) electrons. The topological polar surface area (TPSA) is 54.9 Å². The largest absolute Gasteiger partial charge is 0.350 e. The molecular weight excluding hydrogens is 294 g/mol. The number of benzene rings is 1. The van der Waals surface area contributed by atoms with Gasteiger partial charge in [-0.1, -0.05) is 12.1 Å². The maximum Gasteiger partial charge on any atom is 0.220 e. The average Bonchev–Trinajstić information content (AvgIpc) is 2.96. The van der Waals surface area contributed by atoms with Crippen LogP contribution in [-0.2, 0) is 11.2 Å². The standard InChI is InChI=1S/C17H17N3OS/c1-12(13-8-10-18-11-9-13)19-16(21)6-7-17-20-14-4-2-3-5-15(14)22-17/h2-5,8-12H,6-7H2,1H3,(H,19,21). The van der Waals surface area contributed by atoms with Gasteiger partial charge in [-0.2, -0.15) is 0 Å². The number of nitrogens with zero attached hydrogens (tertiary/aromatic N) is 2. The molecule has 0 fully saturated rings. The molecule has 2 heterocycles. The lowest BCUT2D eigenvalue weighted by molar-refractivity contribution is -0.121. The number of fused-ring (bicyclic) bond motifs is 1. The number of amides is 1. The molecule has 4 nitrogen and oxygen atoms in total. The molecule has 0 aliphatic carbocycles. The minimum atomic E-state index is -0.00846. The minimum absolute atomic E-state index is 0.00846. The Morgan fingerprint density at radius 2 is 2.00 bits per heavy atom. The van der Waals surface area contributed by atoms with Crippen LogP contribution in [0.4, 0.5) is 0 Å². The molecule has 1 N–H and O–H groups in total. The van der Waals surface area contributed by atoms with E-state index in [4.69, 9.17) is 0 Å². The zero-order valence-corrected chi connectivity index (χ0v) is 13.1. The number of rotatable bonds is 5. The number of hydrogen-bond acceptors (Lipinski definition) is 4. The zero-order valence-electron chi connectivity index (χ0n) is 12.3. The Balaban J connectivity index is 1.56. The molecule has 22 heavy (non-hydrogen) atoms. The molecule has 1 unspecified atom stereocenters. The summed E-state index contributed by atoms with van der Waals surface area (Å²) in [5, 5.41) is 4.02. The number of aromatic nitrogens is 2. The van der Waals surface area contributed by atoms with Crippen LogP contribution < -0.4 is 5.32 Å². The number of thiazole rings is 1. The quantitative estimate of drug-likeness (QED) is 0.784. The van der Waals surface area contributed by atoms with Crippen molar-refractivity contribution in [1.82, 2.24) is 15.3 Å². The predicted octanol–water partition coefficient (Wildman–Crippen LogP) is 3.50. The molecule has 112 valence electrons. The van der Waals surface area contributed by atoms with Gasteiger partial charge in [0.2, 0.25) is 5.91 Å². The van der Waals surface area contributed by atoms with Crippen LogP contribution in [-0.4, -0.2) is 15.9 Å². The van der Waals surface area contributed by atoms with E-state index in [2.05, 4.69) is 21.4 Å². The van der Waals surface area contributed by atoms with E-state index < -0.39 is 0 Å². The molecule has 0 aliphatic heterocycles. The van der Waals surface area contributed by atoms with Crippen molar-refractivity contribution in [1.29, 1.82) is 0 Å². The fraction of sp³-hybridized carbons (Fsp3) is 0.235. The molecule has 3 rings (SSSR count). The maximum atomic E-state index is 12.1. The van der Waals surface area contributed by atoms with E-state index in [1.807, 2.05) is 37.3 Å². The van der Waals surface area contributed by atoms with Crippen molar-refractivity contribution < 1.29 is 4.79 Å². The lowest BCUT2D eigenvalue weighted by atomic mass is 10.1. The lowest BCUT2D eigenvalue weighted by Gasteiger charge is -2.13. The van der Waals surface area contributed by atoms with Crippen molar-refractivity contribution in [3.05, 3.63) is 59.4 Å². The SMILES string of the molecule is CC(NC(=O)CCc1nc2ccccc2s1)c1ccncc1. The van der Waals surface area contributed by atoms with Gasteiger partial charge in [-0.3, -0.25) is 9.78 Å². The van der Waals surface area contributed by atoms with Gasteiger partial charge in [0.15, 0.2) is 0 Å². The Bertz CT molecular complexity index is 737. The van der Waals surface area contributed by atoms with Crippen LogP contribution in [0.5, 0.6) is 0 Å². The molecule has 0 saturated heterocycles. The van der Waals surface area contributed by atoms with E-state index in [0.717, 1.165) is 16.1 Å². The summed E-state index contributed by atoms with van der Waals surface area (Å²) >= 11 is 1.66. The number of para-hydroxylation sites is 1. The Hall–Kier alpha value is -2.27. The highest BCUT2D eigenvalue weighted by Crippen LogP contribution is 2.22. The number of hydrogen-bond donors (Lipinski definition) is 1. The van der Waals surface area contributed by atoms with E-state index in [0.29, 0.717) is 12.8 Å². The Labute approximate surface area is 133 Å². The van der Waals surface area contributed by atoms with Crippen LogP contribution in [0.25, 0.3) is 10.2 Å². The average molecular weight is 311 g/mol. The highest BCUT2D eigenvalue weighted by molar-refractivity contribution is 7.18. The van der Waals surface area contributed by atoms with Gasteiger partial charge in [0, 0.05) is 25.2 Å². The van der Waals surface area contributed by atoms with Crippen molar-refractivity contribution in [3.8, 4) is 0 Å². The molecule has 1 amide bonds. The molecule has 0 saturated carbocycles. The third-order valence-electron chi connectivity index (χ3n) is 3.49. The number of aryl methyl sites for hydroxylation is 1. The van der Waals surface area contributed by atoms with Crippen molar-refractivity contribution in [2.45, 2.75) is 25.8 Å². The maximum absolute atomic E-state index is 12.1. The monoisotopic (exact) mass is 311 g/mol. The number of pyridine rings is 1. The molecule has 1 atom stereocenters. The predicted molar refractivity (Wildman–Crippen MR) is 88.7 cm³/mol. The van der Waals surface area contributed by atoms with Crippen molar-refractivity contribution in [2.24, 2.45) is 0 Å². The number of carbonyl (C=O) groups excluding carboxylic acids is 1. The summed E-state index contributed by atoms with van der Waals surface area (Å²) in [6.45, 7) is 1.98. The smallest absolute Gasteiger partial charge is 0.220 e. The molecule has 2 aromatic heterocycles. The minimum Gasteiger partial charge on any atom is -0.350 e. The second-order valence-electron chi connectivity index (χ2n) is 5.15.